The van der Waals surface area contributed by atoms with E-state index in [0.717, 1.165) is 5.56 Å². The normalized spacial score (nSPS) is 10.2. The van der Waals surface area contributed by atoms with Crippen molar-refractivity contribution in [2.45, 2.75) is 13.0 Å². The fourth-order valence-corrected chi connectivity index (χ4v) is 2.35. The molecule has 1 aromatic rings. The van der Waals surface area contributed by atoms with Crippen molar-refractivity contribution in [3.63, 3.8) is 0 Å². The van der Waals surface area contributed by atoms with Gasteiger partial charge in [0.2, 0.25) is 11.8 Å². The molecule has 104 valence electrons. The number of nitrogens with two attached hydrogens (primary N) is 1. The van der Waals surface area contributed by atoms with E-state index in [1.807, 2.05) is 18.2 Å². The Balaban J connectivity index is 2.37. The second kappa shape index (κ2) is 8.07. The van der Waals surface area contributed by atoms with Crippen LogP contribution in [0.15, 0.2) is 24.3 Å². The molecule has 0 atom stereocenters. The molecule has 1 aromatic carbocycles. The highest BCUT2D eigenvalue weighted by atomic mass is 35.5. The van der Waals surface area contributed by atoms with Gasteiger partial charge >= 0.3 is 0 Å². The molecule has 1 rings (SSSR count). The van der Waals surface area contributed by atoms with E-state index in [-0.39, 0.29) is 17.6 Å². The number of amides is 2. The van der Waals surface area contributed by atoms with Gasteiger partial charge in [-0.25, -0.2) is 0 Å². The van der Waals surface area contributed by atoms with Gasteiger partial charge in [-0.1, -0.05) is 29.8 Å². The van der Waals surface area contributed by atoms with Crippen LogP contribution in [0.5, 0.6) is 0 Å². The van der Waals surface area contributed by atoms with E-state index in [2.05, 4.69) is 0 Å². The first-order valence-electron chi connectivity index (χ1n) is 5.84. The third-order valence-electron chi connectivity index (χ3n) is 2.50. The van der Waals surface area contributed by atoms with Gasteiger partial charge in [-0.3, -0.25) is 9.59 Å². The van der Waals surface area contributed by atoms with Gasteiger partial charge < -0.3 is 10.6 Å². The molecule has 0 unspecified atom stereocenters. The molecule has 0 aliphatic rings. The van der Waals surface area contributed by atoms with Crippen LogP contribution in [0.4, 0.5) is 0 Å². The fourth-order valence-electron chi connectivity index (χ4n) is 1.49. The maximum Gasteiger partial charge on any atom is 0.227 e. The molecule has 0 aromatic heterocycles. The minimum atomic E-state index is -0.359. The third kappa shape index (κ3) is 5.98. The molecule has 0 fully saturated rings. The molecule has 0 aliphatic heterocycles. The summed E-state index contributed by atoms with van der Waals surface area (Å²) in [6.45, 7) is 0.485. The van der Waals surface area contributed by atoms with Gasteiger partial charge in [0.05, 0.1) is 5.75 Å². The zero-order chi connectivity index (χ0) is 14.3. The minimum absolute atomic E-state index is 0.0249. The Hall–Kier alpha value is -1.20. The van der Waals surface area contributed by atoms with E-state index >= 15 is 0 Å². The smallest absolute Gasteiger partial charge is 0.227 e. The van der Waals surface area contributed by atoms with E-state index in [1.165, 1.54) is 11.8 Å². The monoisotopic (exact) mass is 300 g/mol. The first-order valence-corrected chi connectivity index (χ1v) is 7.37. The Kier molecular flexibility index (Phi) is 6.73. The summed E-state index contributed by atoms with van der Waals surface area (Å²) < 4.78 is 0. The van der Waals surface area contributed by atoms with Gasteiger partial charge in [0, 0.05) is 30.8 Å². The minimum Gasteiger partial charge on any atom is -0.369 e. The molecule has 2 N–H and O–H groups in total. The molecule has 19 heavy (non-hydrogen) atoms. The van der Waals surface area contributed by atoms with Gasteiger partial charge in [-0.2, -0.15) is 11.8 Å². The highest BCUT2D eigenvalue weighted by Crippen LogP contribution is 2.17. The summed E-state index contributed by atoms with van der Waals surface area (Å²) >= 11 is 7.41. The summed E-state index contributed by atoms with van der Waals surface area (Å²) in [6.07, 6.45) is 0.388. The summed E-state index contributed by atoms with van der Waals surface area (Å²) in [5, 5.41) is 0.658. The van der Waals surface area contributed by atoms with Gasteiger partial charge in [0.15, 0.2) is 0 Å². The van der Waals surface area contributed by atoms with Crippen LogP contribution < -0.4 is 5.73 Å². The van der Waals surface area contributed by atoms with Crippen molar-refractivity contribution >= 4 is 35.2 Å². The number of thioether (sulfide) groups is 1. The van der Waals surface area contributed by atoms with Gasteiger partial charge in [-0.15, -0.1) is 0 Å². The molecule has 4 nitrogen and oxygen atoms in total. The zero-order valence-corrected chi connectivity index (χ0v) is 12.3. The van der Waals surface area contributed by atoms with Crippen LogP contribution in [0, 0.1) is 0 Å². The molecule has 0 spiro atoms. The van der Waals surface area contributed by atoms with Crippen LogP contribution in [-0.4, -0.2) is 35.3 Å². The predicted octanol–water partition coefficient (Wildman–Crippen LogP) is 1.91. The lowest BCUT2D eigenvalue weighted by Gasteiger charge is -2.17. The quantitative estimate of drug-likeness (QED) is 0.782. The average Bonchev–Trinajstić information content (AvgIpc) is 2.36. The number of primary amides is 1. The lowest BCUT2D eigenvalue weighted by atomic mass is 10.2. The summed E-state index contributed by atoms with van der Waals surface area (Å²) in [5.41, 5.74) is 5.94. The molecular weight excluding hydrogens is 284 g/mol. The molecule has 2 amide bonds. The number of hydrogen-bond acceptors (Lipinski definition) is 3. The van der Waals surface area contributed by atoms with E-state index in [9.17, 15) is 9.59 Å². The Bertz CT molecular complexity index is 454. The van der Waals surface area contributed by atoms with Gasteiger partial charge in [0.25, 0.3) is 0 Å². The third-order valence-corrected chi connectivity index (χ3v) is 3.85. The van der Waals surface area contributed by atoms with Crippen molar-refractivity contribution in [1.82, 2.24) is 4.90 Å². The Morgan fingerprint density at radius 3 is 2.68 bits per heavy atom. The maximum absolute atomic E-state index is 11.9. The molecule has 0 saturated heterocycles. The zero-order valence-electron chi connectivity index (χ0n) is 10.8. The summed E-state index contributed by atoms with van der Waals surface area (Å²) in [7, 11) is 1.74. The van der Waals surface area contributed by atoms with Crippen molar-refractivity contribution in [1.29, 1.82) is 0 Å². The summed E-state index contributed by atoms with van der Waals surface area (Å²) in [6, 6.07) is 7.45. The number of carbonyl (C=O) groups excluding carboxylic acids is 2. The molecule has 0 radical (unpaired) electrons. The van der Waals surface area contributed by atoms with Gasteiger partial charge in [-0.05, 0) is 11.6 Å². The second-order valence-electron chi connectivity index (χ2n) is 4.11. The van der Waals surface area contributed by atoms with Crippen LogP contribution >= 0.6 is 23.4 Å². The summed E-state index contributed by atoms with van der Waals surface area (Å²) in [5.74, 6) is 0.509. The average molecular weight is 301 g/mol. The van der Waals surface area contributed by atoms with Crippen LogP contribution in [-0.2, 0) is 16.1 Å². The lowest BCUT2D eigenvalue weighted by molar-refractivity contribution is -0.130. The molecule has 0 aliphatic carbocycles. The largest absolute Gasteiger partial charge is 0.369 e. The highest BCUT2D eigenvalue weighted by Gasteiger charge is 2.10. The van der Waals surface area contributed by atoms with Crippen molar-refractivity contribution in [3.05, 3.63) is 34.9 Å². The van der Waals surface area contributed by atoms with Crippen molar-refractivity contribution in [3.8, 4) is 0 Å². The first kappa shape index (κ1) is 15.9. The van der Waals surface area contributed by atoms with Crippen LogP contribution in [0.2, 0.25) is 5.02 Å². The number of carbonyl (C=O) groups is 2. The van der Waals surface area contributed by atoms with E-state index in [4.69, 9.17) is 17.3 Å². The Labute approximate surface area is 122 Å². The molecule has 0 bridgehead atoms. The Morgan fingerprint density at radius 1 is 1.37 bits per heavy atom. The van der Waals surface area contributed by atoms with E-state index < -0.39 is 0 Å². The molecule has 0 heterocycles. The Morgan fingerprint density at radius 2 is 2.05 bits per heavy atom. The number of rotatable bonds is 7. The number of hydrogen-bond donors (Lipinski definition) is 1. The molecule has 0 saturated carbocycles. The van der Waals surface area contributed by atoms with E-state index in [0.29, 0.717) is 23.7 Å². The fraction of sp³-hybridized carbons (Fsp3) is 0.385. The SMILES string of the molecule is CN(Cc1ccccc1Cl)C(=O)CCSCC(N)=O. The lowest BCUT2D eigenvalue weighted by Crippen LogP contribution is -2.26. The van der Waals surface area contributed by atoms with E-state index in [1.54, 1.807) is 18.0 Å². The van der Waals surface area contributed by atoms with Crippen molar-refractivity contribution in [2.75, 3.05) is 18.6 Å². The number of halogens is 1. The summed E-state index contributed by atoms with van der Waals surface area (Å²) in [4.78, 5) is 24.0. The van der Waals surface area contributed by atoms with Crippen LogP contribution in [0.1, 0.15) is 12.0 Å². The standard InChI is InChI=1S/C13H17ClN2O2S/c1-16(8-10-4-2-3-5-11(10)14)13(18)6-7-19-9-12(15)17/h2-5H,6-9H2,1H3,(H2,15,17). The molecular formula is C13H17ClN2O2S. The predicted molar refractivity (Wildman–Crippen MR) is 79.1 cm³/mol. The van der Waals surface area contributed by atoms with Crippen LogP contribution in [0.25, 0.3) is 0 Å². The first-order chi connectivity index (χ1) is 9.00. The molecule has 6 heteroatoms. The number of nitrogens with zero attached hydrogens (tertiary/aromatic N) is 1. The highest BCUT2D eigenvalue weighted by molar-refractivity contribution is 7.99. The van der Waals surface area contributed by atoms with Crippen molar-refractivity contribution in [2.24, 2.45) is 5.73 Å². The van der Waals surface area contributed by atoms with Gasteiger partial charge in [0.1, 0.15) is 0 Å². The number of benzene rings is 1. The van der Waals surface area contributed by atoms with Crippen LogP contribution in [0.3, 0.4) is 0 Å². The second-order valence-corrected chi connectivity index (χ2v) is 5.62. The topological polar surface area (TPSA) is 63.4 Å². The maximum atomic E-state index is 11.9. The van der Waals surface area contributed by atoms with Crippen molar-refractivity contribution < 1.29 is 9.59 Å².